The lowest BCUT2D eigenvalue weighted by Crippen LogP contribution is -2.42. The summed E-state index contributed by atoms with van der Waals surface area (Å²) in [6.45, 7) is 6.52. The molecule has 2 aliphatic heterocycles. The molecule has 2 aliphatic rings. The molecule has 4 nitrogen and oxygen atoms in total. The first-order valence-corrected chi connectivity index (χ1v) is 6.33. The third kappa shape index (κ3) is 2.55. The van der Waals surface area contributed by atoms with Crippen molar-refractivity contribution in [3.05, 3.63) is 0 Å². The van der Waals surface area contributed by atoms with Crippen LogP contribution >= 0.6 is 0 Å². The summed E-state index contributed by atoms with van der Waals surface area (Å²) in [5, 5.41) is 3.27. The van der Waals surface area contributed by atoms with Crippen molar-refractivity contribution in [2.45, 2.75) is 45.4 Å². The highest BCUT2D eigenvalue weighted by Gasteiger charge is 2.32. The molecule has 1 N–H and O–H groups in total. The van der Waals surface area contributed by atoms with Crippen LogP contribution in [0, 0.1) is 5.92 Å². The van der Waals surface area contributed by atoms with E-state index in [-0.39, 0.29) is 12.1 Å². The fourth-order valence-corrected chi connectivity index (χ4v) is 2.57. The normalized spacial score (nSPS) is 30.7. The van der Waals surface area contributed by atoms with Gasteiger partial charge in [0.25, 0.3) is 0 Å². The maximum atomic E-state index is 11.7. The smallest absolute Gasteiger partial charge is 0.237 e. The number of nitrogens with one attached hydrogen (secondary N) is 1. The zero-order valence-corrected chi connectivity index (χ0v) is 10.2. The summed E-state index contributed by atoms with van der Waals surface area (Å²) >= 11 is 0. The Morgan fingerprint density at radius 1 is 1.56 bits per heavy atom. The van der Waals surface area contributed by atoms with Gasteiger partial charge in [-0.1, -0.05) is 13.8 Å². The van der Waals surface area contributed by atoms with Crippen molar-refractivity contribution in [3.63, 3.8) is 0 Å². The highest BCUT2D eigenvalue weighted by atomic mass is 16.5. The zero-order valence-electron chi connectivity index (χ0n) is 10.2. The first kappa shape index (κ1) is 11.9. The highest BCUT2D eigenvalue weighted by molar-refractivity contribution is 5.80. The maximum absolute atomic E-state index is 11.7. The lowest BCUT2D eigenvalue weighted by atomic mass is 10.1. The second-order valence-corrected chi connectivity index (χ2v) is 5.08. The van der Waals surface area contributed by atoms with Gasteiger partial charge in [0.15, 0.2) is 0 Å². The lowest BCUT2D eigenvalue weighted by Gasteiger charge is -2.28. The number of rotatable bonds is 4. The molecule has 16 heavy (non-hydrogen) atoms. The van der Waals surface area contributed by atoms with E-state index in [0.29, 0.717) is 18.6 Å². The minimum absolute atomic E-state index is 0.217. The van der Waals surface area contributed by atoms with Crippen LogP contribution < -0.4 is 5.32 Å². The number of hydrogen-bond donors (Lipinski definition) is 1. The summed E-state index contributed by atoms with van der Waals surface area (Å²) in [5.74, 6) is 0.702. The van der Waals surface area contributed by atoms with Crippen LogP contribution in [0.15, 0.2) is 0 Å². The fraction of sp³-hybridized carbons (Fsp3) is 0.917. The Morgan fingerprint density at radius 2 is 2.38 bits per heavy atom. The molecule has 2 saturated heterocycles. The van der Waals surface area contributed by atoms with E-state index in [9.17, 15) is 4.79 Å². The van der Waals surface area contributed by atoms with Crippen molar-refractivity contribution in [1.29, 1.82) is 0 Å². The average Bonchev–Trinajstić information content (AvgIpc) is 2.84. The summed E-state index contributed by atoms with van der Waals surface area (Å²) < 4.78 is 5.59. The zero-order chi connectivity index (χ0) is 11.5. The molecule has 0 aromatic carbocycles. The van der Waals surface area contributed by atoms with Crippen LogP contribution in [0.5, 0.6) is 0 Å². The molecule has 0 spiro atoms. The molecule has 0 aromatic heterocycles. The Balaban J connectivity index is 1.83. The Morgan fingerprint density at radius 3 is 3.00 bits per heavy atom. The molecule has 0 aliphatic carbocycles. The number of nitrogens with zero attached hydrogens (tertiary/aromatic N) is 1. The first-order chi connectivity index (χ1) is 7.68. The molecule has 2 fully saturated rings. The minimum atomic E-state index is 0.217. The second kappa shape index (κ2) is 5.15. The van der Waals surface area contributed by atoms with E-state index in [1.807, 2.05) is 4.90 Å². The van der Waals surface area contributed by atoms with Crippen LogP contribution in [0.2, 0.25) is 0 Å². The molecule has 92 valence electrons. The summed E-state index contributed by atoms with van der Waals surface area (Å²) in [5.41, 5.74) is 0. The Labute approximate surface area is 97.3 Å². The van der Waals surface area contributed by atoms with Crippen molar-refractivity contribution in [2.24, 2.45) is 5.92 Å². The standard InChI is InChI=1S/C12H22N2O2/c1-9(2)12-13-8-11(15)14(12)6-5-10-4-3-7-16-10/h9-10,12-13H,3-8H2,1-2H3. The molecule has 1 amide bonds. The van der Waals surface area contributed by atoms with Gasteiger partial charge < -0.3 is 9.64 Å². The van der Waals surface area contributed by atoms with Crippen molar-refractivity contribution in [2.75, 3.05) is 19.7 Å². The third-order valence-electron chi connectivity index (χ3n) is 3.47. The Bertz CT molecular complexity index is 249. The van der Waals surface area contributed by atoms with Crippen LogP contribution in [0.4, 0.5) is 0 Å². The van der Waals surface area contributed by atoms with E-state index in [4.69, 9.17) is 4.74 Å². The molecule has 2 heterocycles. The summed E-state index contributed by atoms with van der Waals surface area (Å²) in [6.07, 6.45) is 3.90. The molecule has 2 atom stereocenters. The molecule has 0 saturated carbocycles. The van der Waals surface area contributed by atoms with Gasteiger partial charge >= 0.3 is 0 Å². The van der Waals surface area contributed by atoms with Crippen LogP contribution in [0.3, 0.4) is 0 Å². The van der Waals surface area contributed by atoms with Crippen LogP contribution in [-0.4, -0.2) is 42.8 Å². The fourth-order valence-electron chi connectivity index (χ4n) is 2.57. The predicted octanol–water partition coefficient (Wildman–Crippen LogP) is 0.969. The number of amides is 1. The Hall–Kier alpha value is -0.610. The molecule has 0 aromatic rings. The maximum Gasteiger partial charge on any atom is 0.237 e. The summed E-state index contributed by atoms with van der Waals surface area (Å²) in [6, 6.07) is 0. The molecule has 2 rings (SSSR count). The number of carbonyl (C=O) groups is 1. The summed E-state index contributed by atoms with van der Waals surface area (Å²) in [7, 11) is 0. The highest BCUT2D eigenvalue weighted by Crippen LogP contribution is 2.19. The van der Waals surface area contributed by atoms with Gasteiger partial charge in [-0.2, -0.15) is 0 Å². The molecule has 4 heteroatoms. The largest absolute Gasteiger partial charge is 0.378 e. The van der Waals surface area contributed by atoms with Crippen molar-refractivity contribution >= 4 is 5.91 Å². The van der Waals surface area contributed by atoms with Gasteiger partial charge in [-0.05, 0) is 25.2 Å². The van der Waals surface area contributed by atoms with Crippen molar-refractivity contribution in [1.82, 2.24) is 10.2 Å². The van der Waals surface area contributed by atoms with E-state index < -0.39 is 0 Å². The van der Waals surface area contributed by atoms with E-state index in [0.717, 1.165) is 26.0 Å². The number of ether oxygens (including phenoxy) is 1. The van der Waals surface area contributed by atoms with Gasteiger partial charge in [-0.3, -0.25) is 10.1 Å². The van der Waals surface area contributed by atoms with Gasteiger partial charge in [0.1, 0.15) is 0 Å². The van der Waals surface area contributed by atoms with Gasteiger partial charge in [0.05, 0.1) is 18.8 Å². The number of hydrogen-bond acceptors (Lipinski definition) is 3. The van der Waals surface area contributed by atoms with E-state index >= 15 is 0 Å². The van der Waals surface area contributed by atoms with Crippen LogP contribution in [0.25, 0.3) is 0 Å². The van der Waals surface area contributed by atoms with Crippen LogP contribution in [-0.2, 0) is 9.53 Å². The minimum Gasteiger partial charge on any atom is -0.378 e. The second-order valence-electron chi connectivity index (χ2n) is 5.08. The van der Waals surface area contributed by atoms with E-state index in [2.05, 4.69) is 19.2 Å². The van der Waals surface area contributed by atoms with Crippen molar-refractivity contribution in [3.8, 4) is 0 Å². The average molecular weight is 226 g/mol. The quantitative estimate of drug-likeness (QED) is 0.776. The van der Waals surface area contributed by atoms with Crippen LogP contribution in [0.1, 0.15) is 33.1 Å². The predicted molar refractivity (Wildman–Crippen MR) is 61.9 cm³/mol. The monoisotopic (exact) mass is 226 g/mol. The lowest BCUT2D eigenvalue weighted by molar-refractivity contribution is -0.128. The number of carbonyl (C=O) groups excluding carboxylic acids is 1. The van der Waals surface area contributed by atoms with Gasteiger partial charge in [0, 0.05) is 13.2 Å². The SMILES string of the molecule is CC(C)C1NCC(=O)N1CCC1CCCO1. The van der Waals surface area contributed by atoms with Gasteiger partial charge in [-0.25, -0.2) is 0 Å². The molecule has 0 bridgehead atoms. The molecular formula is C12H22N2O2. The van der Waals surface area contributed by atoms with Gasteiger partial charge in [-0.15, -0.1) is 0 Å². The topological polar surface area (TPSA) is 41.6 Å². The van der Waals surface area contributed by atoms with Gasteiger partial charge in [0.2, 0.25) is 5.91 Å². The Kier molecular flexibility index (Phi) is 3.82. The van der Waals surface area contributed by atoms with E-state index in [1.165, 1.54) is 6.42 Å². The first-order valence-electron chi connectivity index (χ1n) is 6.33. The third-order valence-corrected chi connectivity index (χ3v) is 3.47. The molecule has 2 unspecified atom stereocenters. The van der Waals surface area contributed by atoms with Crippen molar-refractivity contribution < 1.29 is 9.53 Å². The molecule has 0 radical (unpaired) electrons. The van der Waals surface area contributed by atoms with E-state index in [1.54, 1.807) is 0 Å². The summed E-state index contributed by atoms with van der Waals surface area (Å²) in [4.78, 5) is 13.7. The molecular weight excluding hydrogens is 204 g/mol.